The minimum Gasteiger partial charge on any atom is -0.384 e. The molecule has 2 aromatic heterocycles. The molecule has 1 amide bonds. The number of aromatic nitrogens is 5. The molecule has 1 aliphatic carbocycles. The lowest BCUT2D eigenvalue weighted by atomic mass is 9.77. The number of hydrogen-bond donors (Lipinski definition) is 1. The van der Waals surface area contributed by atoms with Crippen molar-refractivity contribution in [3.63, 3.8) is 0 Å². The molecular formula is C21H32N6O3. The van der Waals surface area contributed by atoms with E-state index in [0.29, 0.717) is 24.0 Å². The number of rotatable bonds is 5. The van der Waals surface area contributed by atoms with Crippen molar-refractivity contribution in [2.75, 3.05) is 20.2 Å². The molecule has 2 aromatic rings. The van der Waals surface area contributed by atoms with E-state index in [1.807, 2.05) is 35.9 Å². The van der Waals surface area contributed by atoms with Gasteiger partial charge < -0.3 is 14.7 Å². The number of carbonyl (C=O) groups is 1. The molecule has 4 rings (SSSR count). The first-order valence-electron chi connectivity index (χ1n) is 10.6. The van der Waals surface area contributed by atoms with E-state index in [4.69, 9.17) is 4.74 Å². The first-order valence-corrected chi connectivity index (χ1v) is 10.6. The lowest BCUT2D eigenvalue weighted by Crippen LogP contribution is -2.37. The number of fused-ring (bicyclic) bond motifs is 1. The summed E-state index contributed by atoms with van der Waals surface area (Å²) in [6.45, 7) is 6.90. The zero-order valence-electron chi connectivity index (χ0n) is 18.4. The number of ether oxygens (including phenoxy) is 1. The molecule has 9 nitrogen and oxygen atoms in total. The molecule has 1 N–H and O–H groups in total. The molecule has 0 unspecified atom stereocenters. The van der Waals surface area contributed by atoms with Crippen LogP contribution in [-0.2, 0) is 28.6 Å². The van der Waals surface area contributed by atoms with Gasteiger partial charge in [0.25, 0.3) is 0 Å². The standard InChI is InChI=1S/C21H32N6O3/c1-13-14(9-25(4)23-13)8-20(28)26-10-15-6-17(18(30-5)7-16(15)11-26)27-12-19(22-24-27)21(2,3)29/h9,12,15-18,29H,6-8,10-11H2,1-5H3/t15-,16+,17-,18-/m1/s1. The third kappa shape index (κ3) is 4.00. The van der Waals surface area contributed by atoms with Crippen molar-refractivity contribution in [1.82, 2.24) is 29.7 Å². The SMILES string of the molecule is CO[C@@H]1C[C@H]2CN(C(=O)Cc3cn(C)nc3C)C[C@H]2C[C@H]1n1cc(C(C)(C)O)nn1. The second-order valence-electron chi connectivity index (χ2n) is 9.36. The van der Waals surface area contributed by atoms with Crippen LogP contribution < -0.4 is 0 Å². The number of likely N-dealkylation sites (tertiary alicyclic amines) is 1. The smallest absolute Gasteiger partial charge is 0.227 e. The maximum Gasteiger partial charge on any atom is 0.227 e. The highest BCUT2D eigenvalue weighted by Crippen LogP contribution is 2.42. The van der Waals surface area contributed by atoms with Gasteiger partial charge in [-0.2, -0.15) is 5.10 Å². The van der Waals surface area contributed by atoms with Gasteiger partial charge in [0.15, 0.2) is 0 Å². The van der Waals surface area contributed by atoms with E-state index in [-0.39, 0.29) is 18.1 Å². The van der Waals surface area contributed by atoms with Gasteiger partial charge in [-0.3, -0.25) is 9.48 Å². The Balaban J connectivity index is 1.45. The van der Waals surface area contributed by atoms with Crippen molar-refractivity contribution < 1.29 is 14.6 Å². The van der Waals surface area contributed by atoms with Gasteiger partial charge in [0.1, 0.15) is 11.3 Å². The van der Waals surface area contributed by atoms with Crippen molar-refractivity contribution >= 4 is 5.91 Å². The Morgan fingerprint density at radius 2 is 1.97 bits per heavy atom. The molecule has 0 radical (unpaired) electrons. The predicted molar refractivity (Wildman–Crippen MR) is 110 cm³/mol. The number of nitrogens with zero attached hydrogens (tertiary/aromatic N) is 6. The highest BCUT2D eigenvalue weighted by Gasteiger charge is 2.44. The molecule has 0 spiro atoms. The number of carbonyl (C=O) groups excluding carboxylic acids is 1. The molecule has 3 heterocycles. The number of aliphatic hydroxyl groups is 1. The largest absolute Gasteiger partial charge is 0.384 e. The maximum atomic E-state index is 12.9. The van der Waals surface area contributed by atoms with Gasteiger partial charge in [-0.25, -0.2) is 4.68 Å². The first-order chi connectivity index (χ1) is 14.2. The van der Waals surface area contributed by atoms with E-state index < -0.39 is 5.60 Å². The van der Waals surface area contributed by atoms with Crippen molar-refractivity contribution in [3.8, 4) is 0 Å². The topological polar surface area (TPSA) is 98.3 Å². The van der Waals surface area contributed by atoms with Crippen molar-refractivity contribution in [1.29, 1.82) is 0 Å². The molecule has 0 bridgehead atoms. The highest BCUT2D eigenvalue weighted by molar-refractivity contribution is 5.79. The average Bonchev–Trinajstić information content (AvgIpc) is 3.38. The second kappa shape index (κ2) is 7.77. The fourth-order valence-electron chi connectivity index (χ4n) is 4.94. The summed E-state index contributed by atoms with van der Waals surface area (Å²) in [6.07, 6.45) is 5.93. The number of amides is 1. The summed E-state index contributed by atoms with van der Waals surface area (Å²) < 4.78 is 9.40. The zero-order chi connectivity index (χ0) is 21.6. The molecule has 4 atom stereocenters. The Labute approximate surface area is 177 Å². The minimum absolute atomic E-state index is 0.0122. The van der Waals surface area contributed by atoms with E-state index in [1.54, 1.807) is 25.6 Å². The molecule has 30 heavy (non-hydrogen) atoms. The summed E-state index contributed by atoms with van der Waals surface area (Å²) >= 11 is 0. The Morgan fingerprint density at radius 3 is 2.53 bits per heavy atom. The van der Waals surface area contributed by atoms with Crippen LogP contribution in [0.5, 0.6) is 0 Å². The van der Waals surface area contributed by atoms with Gasteiger partial charge in [0.05, 0.1) is 30.5 Å². The van der Waals surface area contributed by atoms with Crippen molar-refractivity contribution in [3.05, 3.63) is 29.3 Å². The molecule has 1 saturated carbocycles. The summed E-state index contributed by atoms with van der Waals surface area (Å²) in [4.78, 5) is 14.9. The molecular weight excluding hydrogens is 384 g/mol. The average molecular weight is 417 g/mol. The van der Waals surface area contributed by atoms with Gasteiger partial charge >= 0.3 is 0 Å². The Morgan fingerprint density at radius 1 is 1.27 bits per heavy atom. The minimum atomic E-state index is -1.03. The van der Waals surface area contributed by atoms with Gasteiger partial charge in [-0.05, 0) is 45.4 Å². The molecule has 2 aliphatic rings. The van der Waals surface area contributed by atoms with Crippen LogP contribution in [0.25, 0.3) is 0 Å². The van der Waals surface area contributed by atoms with Gasteiger partial charge in [0, 0.05) is 39.0 Å². The van der Waals surface area contributed by atoms with Crippen LogP contribution >= 0.6 is 0 Å². The summed E-state index contributed by atoms with van der Waals surface area (Å²) in [5, 5.41) is 23.0. The summed E-state index contributed by atoms with van der Waals surface area (Å²) in [5.74, 6) is 1.01. The maximum absolute atomic E-state index is 12.9. The van der Waals surface area contributed by atoms with Crippen LogP contribution in [0.4, 0.5) is 0 Å². The monoisotopic (exact) mass is 416 g/mol. The van der Waals surface area contributed by atoms with Gasteiger partial charge in [-0.1, -0.05) is 5.21 Å². The first kappa shape index (κ1) is 21.0. The molecule has 2 fully saturated rings. The third-order valence-electron chi connectivity index (χ3n) is 6.67. The highest BCUT2D eigenvalue weighted by atomic mass is 16.5. The predicted octanol–water partition coefficient (Wildman–Crippen LogP) is 1.21. The second-order valence-corrected chi connectivity index (χ2v) is 9.36. The molecule has 1 aliphatic heterocycles. The quantitative estimate of drug-likeness (QED) is 0.787. The van der Waals surface area contributed by atoms with E-state index in [1.165, 1.54) is 0 Å². The lowest BCUT2D eigenvalue weighted by molar-refractivity contribution is -0.129. The molecule has 164 valence electrons. The van der Waals surface area contributed by atoms with E-state index in [9.17, 15) is 9.90 Å². The summed E-state index contributed by atoms with van der Waals surface area (Å²) in [6, 6.07) is 0.0514. The Kier molecular flexibility index (Phi) is 5.44. The Bertz CT molecular complexity index is 914. The van der Waals surface area contributed by atoms with Crippen molar-refractivity contribution in [2.45, 2.75) is 57.8 Å². The normalized spacial score (nSPS) is 26.8. The number of aryl methyl sites for hydroxylation is 2. The fourth-order valence-corrected chi connectivity index (χ4v) is 4.94. The van der Waals surface area contributed by atoms with Crippen molar-refractivity contribution in [2.24, 2.45) is 18.9 Å². The number of methoxy groups -OCH3 is 1. The molecule has 1 saturated heterocycles. The number of hydrogen-bond acceptors (Lipinski definition) is 6. The van der Waals surface area contributed by atoms with Crippen LogP contribution in [0.15, 0.2) is 12.4 Å². The van der Waals surface area contributed by atoms with E-state index in [2.05, 4.69) is 15.4 Å². The Hall–Kier alpha value is -2.26. The third-order valence-corrected chi connectivity index (χ3v) is 6.67. The van der Waals surface area contributed by atoms with Crippen LogP contribution in [0.2, 0.25) is 0 Å². The summed E-state index contributed by atoms with van der Waals surface area (Å²) in [7, 11) is 3.61. The fraction of sp³-hybridized carbons (Fsp3) is 0.714. The van der Waals surface area contributed by atoms with Crippen LogP contribution in [0.1, 0.15) is 49.7 Å². The van der Waals surface area contributed by atoms with Crippen LogP contribution in [0.3, 0.4) is 0 Å². The molecule has 9 heteroatoms. The van der Waals surface area contributed by atoms with Crippen LogP contribution in [-0.4, -0.2) is 67.0 Å². The van der Waals surface area contributed by atoms with Crippen LogP contribution in [0, 0.1) is 18.8 Å². The summed E-state index contributed by atoms with van der Waals surface area (Å²) in [5.41, 5.74) is 1.43. The lowest BCUT2D eigenvalue weighted by Gasteiger charge is -2.36. The molecule has 0 aromatic carbocycles. The van der Waals surface area contributed by atoms with E-state index in [0.717, 1.165) is 37.2 Å². The van der Waals surface area contributed by atoms with Gasteiger partial charge in [0.2, 0.25) is 5.91 Å². The zero-order valence-corrected chi connectivity index (χ0v) is 18.4. The van der Waals surface area contributed by atoms with E-state index >= 15 is 0 Å². The van der Waals surface area contributed by atoms with Gasteiger partial charge in [-0.15, -0.1) is 5.10 Å².